The Bertz CT molecular complexity index is 448. The number of nitrogens with zero attached hydrogens (tertiary/aromatic N) is 1. The molecule has 3 nitrogen and oxygen atoms in total. The van der Waals surface area contributed by atoms with Crippen molar-refractivity contribution in [2.45, 2.75) is 75.6 Å². The second kappa shape index (κ2) is 8.67. The number of allylic oxidation sites excluding steroid dienone is 1. The van der Waals surface area contributed by atoms with Gasteiger partial charge in [0.15, 0.2) is 0 Å². The first-order valence-corrected chi connectivity index (χ1v) is 8.65. The summed E-state index contributed by atoms with van der Waals surface area (Å²) in [5, 5.41) is 0. The predicted molar refractivity (Wildman–Crippen MR) is 87.4 cm³/mol. The molecular weight excluding hydrogens is 319 g/mol. The van der Waals surface area contributed by atoms with Gasteiger partial charge in [0.05, 0.1) is 6.04 Å². The van der Waals surface area contributed by atoms with Crippen molar-refractivity contribution in [1.29, 1.82) is 0 Å². The van der Waals surface area contributed by atoms with Gasteiger partial charge in [-0.15, -0.1) is 6.58 Å². The quantitative estimate of drug-likeness (QED) is 0.412. The van der Waals surface area contributed by atoms with E-state index in [2.05, 4.69) is 18.3 Å². The van der Waals surface area contributed by atoms with Crippen molar-refractivity contribution < 1.29 is 22.7 Å². The van der Waals surface area contributed by atoms with Gasteiger partial charge in [0.25, 0.3) is 0 Å². The van der Waals surface area contributed by atoms with Gasteiger partial charge in [-0.25, -0.2) is 13.2 Å². The zero-order valence-corrected chi connectivity index (χ0v) is 13.9. The molecule has 0 aliphatic heterocycles. The summed E-state index contributed by atoms with van der Waals surface area (Å²) in [6.07, 6.45) is -0.666. The van der Waals surface area contributed by atoms with Crippen LogP contribution in [0.1, 0.15) is 44.9 Å². The van der Waals surface area contributed by atoms with Gasteiger partial charge < -0.3 is 4.74 Å². The van der Waals surface area contributed by atoms with Crippen LogP contribution in [-0.4, -0.2) is 43.3 Å². The van der Waals surface area contributed by atoms with Crippen LogP contribution in [0, 0.1) is 11.8 Å². The smallest absolute Gasteiger partial charge is 0.315 e. The van der Waals surface area contributed by atoms with E-state index in [0.29, 0.717) is 25.7 Å². The van der Waals surface area contributed by atoms with Crippen LogP contribution in [0.4, 0.5) is 13.2 Å². The van der Waals surface area contributed by atoms with Gasteiger partial charge >= 0.3 is 5.97 Å². The summed E-state index contributed by atoms with van der Waals surface area (Å²) in [5.74, 6) is -2.35. The molecule has 0 aromatic heterocycles. The molecular formula is C18H26F3NO2. The topological polar surface area (TPSA) is 38.7 Å². The molecule has 0 heterocycles. The molecule has 0 aromatic carbocycles. The summed E-state index contributed by atoms with van der Waals surface area (Å²) in [6, 6.07) is -0.483. The van der Waals surface area contributed by atoms with Crippen LogP contribution in [0.3, 0.4) is 0 Å². The maximum Gasteiger partial charge on any atom is 0.315 e. The Labute approximate surface area is 141 Å². The Morgan fingerprint density at radius 2 is 1.79 bits per heavy atom. The van der Waals surface area contributed by atoms with E-state index in [1.807, 2.05) is 0 Å². The number of ether oxygens (including phenoxy) is 1. The monoisotopic (exact) mass is 345 g/mol. The van der Waals surface area contributed by atoms with E-state index in [-0.39, 0.29) is 25.2 Å². The number of carbonyl (C=O) groups excluding carboxylic acids is 1. The molecule has 0 spiro atoms. The summed E-state index contributed by atoms with van der Waals surface area (Å²) in [7, 11) is 0. The highest BCUT2D eigenvalue weighted by Crippen LogP contribution is 2.37. The summed E-state index contributed by atoms with van der Waals surface area (Å²) in [5.41, 5.74) is 0. The van der Waals surface area contributed by atoms with Crippen molar-refractivity contribution in [3.63, 3.8) is 0 Å². The average molecular weight is 345 g/mol. The summed E-state index contributed by atoms with van der Waals surface area (Å²) in [4.78, 5) is 15.9. The molecule has 2 saturated carbocycles. The lowest BCUT2D eigenvalue weighted by Crippen LogP contribution is -2.43. The van der Waals surface area contributed by atoms with Crippen LogP contribution in [0.2, 0.25) is 0 Å². The van der Waals surface area contributed by atoms with Crippen LogP contribution >= 0.6 is 0 Å². The maximum absolute atomic E-state index is 14.3. The van der Waals surface area contributed by atoms with Crippen molar-refractivity contribution >= 4 is 12.7 Å². The maximum atomic E-state index is 14.3. The highest BCUT2D eigenvalue weighted by Gasteiger charge is 2.44. The highest BCUT2D eigenvalue weighted by atomic mass is 19.1. The lowest BCUT2D eigenvalue weighted by molar-refractivity contribution is -0.164. The first kappa shape index (κ1) is 19.0. The van der Waals surface area contributed by atoms with Crippen molar-refractivity contribution in [2.24, 2.45) is 16.8 Å². The molecule has 2 rings (SSSR count). The summed E-state index contributed by atoms with van der Waals surface area (Å²) in [6.45, 7) is 6.95. The van der Waals surface area contributed by atoms with Crippen LogP contribution in [0.25, 0.3) is 0 Å². The van der Waals surface area contributed by atoms with Crippen molar-refractivity contribution in [3.05, 3.63) is 12.7 Å². The molecule has 0 amide bonds. The van der Waals surface area contributed by atoms with Gasteiger partial charge in [-0.05, 0) is 51.2 Å². The number of carbonyl (C=O) groups is 1. The molecule has 6 heteroatoms. The van der Waals surface area contributed by atoms with E-state index in [9.17, 15) is 18.0 Å². The fourth-order valence-electron chi connectivity index (χ4n) is 3.76. The molecule has 0 aromatic rings. The molecule has 5 atom stereocenters. The molecule has 0 radical (unpaired) electrons. The minimum absolute atomic E-state index is 0.0119. The standard InChI is InChI=1S/C18H26F3NO2/c1-3-4-5-11-8-14(20)17(15(21)9-11)18(23)24-12-6-7-16(22-2)13(19)10-12/h3,11-17H,1-2,4-10H2. The second-order valence-corrected chi connectivity index (χ2v) is 6.90. The molecule has 24 heavy (non-hydrogen) atoms. The Hall–Kier alpha value is -1.33. The largest absolute Gasteiger partial charge is 0.462 e. The van der Waals surface area contributed by atoms with Crippen molar-refractivity contribution in [3.8, 4) is 0 Å². The number of hydrogen-bond acceptors (Lipinski definition) is 3. The fourth-order valence-corrected chi connectivity index (χ4v) is 3.76. The van der Waals surface area contributed by atoms with Gasteiger partial charge in [-0.3, -0.25) is 9.79 Å². The number of halogens is 3. The molecule has 2 aliphatic rings. The summed E-state index contributed by atoms with van der Waals surface area (Å²) >= 11 is 0. The number of aliphatic imine (C=N–C) groups is 1. The zero-order chi connectivity index (χ0) is 17.7. The van der Waals surface area contributed by atoms with Crippen molar-refractivity contribution in [1.82, 2.24) is 0 Å². The number of esters is 1. The third-order valence-corrected chi connectivity index (χ3v) is 5.15. The molecule has 2 fully saturated rings. The van der Waals surface area contributed by atoms with Crippen LogP contribution in [0.15, 0.2) is 17.6 Å². The van der Waals surface area contributed by atoms with E-state index in [0.717, 1.165) is 0 Å². The molecule has 0 saturated heterocycles. The molecule has 2 aliphatic carbocycles. The van der Waals surface area contributed by atoms with E-state index < -0.39 is 42.5 Å². The zero-order valence-electron chi connectivity index (χ0n) is 13.9. The van der Waals surface area contributed by atoms with E-state index in [1.165, 1.54) is 0 Å². The number of alkyl halides is 3. The minimum Gasteiger partial charge on any atom is -0.462 e. The van der Waals surface area contributed by atoms with Gasteiger partial charge in [0.2, 0.25) is 0 Å². The van der Waals surface area contributed by atoms with Crippen LogP contribution in [0.5, 0.6) is 0 Å². The summed E-state index contributed by atoms with van der Waals surface area (Å²) < 4.78 is 47.7. The van der Waals surface area contributed by atoms with Gasteiger partial charge in [-0.2, -0.15) is 0 Å². The van der Waals surface area contributed by atoms with Crippen LogP contribution < -0.4 is 0 Å². The van der Waals surface area contributed by atoms with Crippen LogP contribution in [-0.2, 0) is 9.53 Å². The second-order valence-electron chi connectivity index (χ2n) is 6.90. The Morgan fingerprint density at radius 3 is 2.33 bits per heavy atom. The minimum atomic E-state index is -1.55. The Morgan fingerprint density at radius 1 is 1.12 bits per heavy atom. The molecule has 136 valence electrons. The molecule has 0 bridgehead atoms. The third kappa shape index (κ3) is 4.61. The SMILES string of the molecule is C=CCCC1CC(F)C(C(=O)OC2CCC(N=C)C(F)C2)C(F)C1. The predicted octanol–water partition coefficient (Wildman–Crippen LogP) is 4.16. The van der Waals surface area contributed by atoms with Crippen molar-refractivity contribution in [2.75, 3.05) is 0 Å². The van der Waals surface area contributed by atoms with E-state index in [4.69, 9.17) is 4.74 Å². The van der Waals surface area contributed by atoms with E-state index in [1.54, 1.807) is 6.08 Å². The normalized spacial score (nSPS) is 39.9. The lowest BCUT2D eigenvalue weighted by atomic mass is 9.77. The number of hydrogen-bond donors (Lipinski definition) is 0. The highest BCUT2D eigenvalue weighted by molar-refractivity contribution is 5.74. The molecule has 5 unspecified atom stereocenters. The fraction of sp³-hybridized carbons (Fsp3) is 0.778. The Kier molecular flexibility index (Phi) is 6.87. The lowest BCUT2D eigenvalue weighted by Gasteiger charge is -2.35. The van der Waals surface area contributed by atoms with E-state index >= 15 is 0 Å². The number of rotatable bonds is 6. The Balaban J connectivity index is 1.88. The molecule has 0 N–H and O–H groups in total. The van der Waals surface area contributed by atoms with Gasteiger partial charge in [0.1, 0.15) is 30.5 Å². The third-order valence-electron chi connectivity index (χ3n) is 5.15. The van der Waals surface area contributed by atoms with Gasteiger partial charge in [-0.1, -0.05) is 6.08 Å². The van der Waals surface area contributed by atoms with Gasteiger partial charge in [0, 0.05) is 6.42 Å². The average Bonchev–Trinajstić information content (AvgIpc) is 2.52. The first-order valence-electron chi connectivity index (χ1n) is 8.65. The first-order chi connectivity index (χ1) is 11.5.